The number of fused-ring (bicyclic) bond motifs is 1. The van der Waals surface area contributed by atoms with Crippen LogP contribution in [0.25, 0.3) is 10.9 Å². The first-order valence-corrected chi connectivity index (χ1v) is 8.66. The summed E-state index contributed by atoms with van der Waals surface area (Å²) in [7, 11) is 0. The van der Waals surface area contributed by atoms with Crippen LogP contribution in [0.4, 0.5) is 4.79 Å². The van der Waals surface area contributed by atoms with Crippen LogP contribution in [-0.4, -0.2) is 27.5 Å². The van der Waals surface area contributed by atoms with Gasteiger partial charge in [0.15, 0.2) is 0 Å². The van der Waals surface area contributed by atoms with Crippen LogP contribution in [-0.2, 0) is 11.3 Å². The number of nitrogens with zero attached hydrogens (tertiary/aromatic N) is 2. The molecule has 132 valence electrons. The van der Waals surface area contributed by atoms with Crippen LogP contribution in [0.3, 0.4) is 0 Å². The Hall–Kier alpha value is -2.41. The molecule has 1 aromatic heterocycles. The smallest absolute Gasteiger partial charge is 0.321 e. The number of carbonyl (C=O) groups excluding carboxylic acids is 2. The summed E-state index contributed by atoms with van der Waals surface area (Å²) in [5, 5.41) is 6.02. The highest BCUT2D eigenvalue weighted by Crippen LogP contribution is 2.17. The molecule has 0 bridgehead atoms. The van der Waals surface area contributed by atoms with E-state index < -0.39 is 11.9 Å². The topological polar surface area (TPSA) is 93.1 Å². The van der Waals surface area contributed by atoms with Crippen LogP contribution in [0, 0.1) is 0 Å². The van der Waals surface area contributed by atoms with Gasteiger partial charge in [-0.15, -0.1) is 0 Å². The van der Waals surface area contributed by atoms with Crippen LogP contribution in [0.2, 0.25) is 5.02 Å². The summed E-state index contributed by atoms with van der Waals surface area (Å²) in [5.74, 6) is -0.432. The number of hydrogen-bond acceptors (Lipinski definition) is 4. The van der Waals surface area contributed by atoms with E-state index in [1.807, 2.05) is 0 Å². The molecule has 25 heavy (non-hydrogen) atoms. The number of aryl methyl sites for hydroxylation is 1. The average molecular weight is 363 g/mol. The highest BCUT2D eigenvalue weighted by atomic mass is 35.5. The molecule has 0 radical (unpaired) electrons. The van der Waals surface area contributed by atoms with Gasteiger partial charge >= 0.3 is 6.03 Å². The normalized spacial score (nSPS) is 14.6. The van der Waals surface area contributed by atoms with Crippen LogP contribution < -0.4 is 16.2 Å². The van der Waals surface area contributed by atoms with Gasteiger partial charge in [-0.2, -0.15) is 0 Å². The molecule has 0 atom stereocenters. The second kappa shape index (κ2) is 7.65. The lowest BCUT2D eigenvalue weighted by molar-refractivity contribution is -0.120. The molecule has 1 aromatic carbocycles. The lowest BCUT2D eigenvalue weighted by Gasteiger charge is -2.12. The van der Waals surface area contributed by atoms with Gasteiger partial charge in [-0.1, -0.05) is 24.4 Å². The van der Waals surface area contributed by atoms with Crippen LogP contribution >= 0.6 is 11.6 Å². The van der Waals surface area contributed by atoms with Gasteiger partial charge in [-0.3, -0.25) is 19.5 Å². The minimum Gasteiger partial charge on any atom is -0.335 e. The maximum absolute atomic E-state index is 12.4. The Morgan fingerprint density at radius 3 is 2.80 bits per heavy atom. The molecule has 0 unspecified atom stereocenters. The van der Waals surface area contributed by atoms with Crippen molar-refractivity contribution in [3.63, 3.8) is 0 Å². The van der Waals surface area contributed by atoms with Crippen molar-refractivity contribution in [2.24, 2.45) is 0 Å². The number of halogens is 1. The predicted molar refractivity (Wildman–Crippen MR) is 94.6 cm³/mol. The number of benzene rings is 1. The number of hydrogen-bond donors (Lipinski definition) is 2. The number of nitrogens with one attached hydrogen (secondary N) is 2. The van der Waals surface area contributed by atoms with Gasteiger partial charge in [0.1, 0.15) is 0 Å². The molecule has 3 rings (SSSR count). The van der Waals surface area contributed by atoms with E-state index in [2.05, 4.69) is 15.6 Å². The molecular weight excluding hydrogens is 344 g/mol. The molecule has 0 saturated heterocycles. The number of carbonyl (C=O) groups is 2. The molecule has 1 fully saturated rings. The summed E-state index contributed by atoms with van der Waals surface area (Å²) in [5.41, 5.74) is 0.263. The monoisotopic (exact) mass is 362 g/mol. The number of amides is 3. The van der Waals surface area contributed by atoms with Gasteiger partial charge in [0.2, 0.25) is 5.91 Å². The van der Waals surface area contributed by atoms with Crippen molar-refractivity contribution in [1.29, 1.82) is 0 Å². The molecule has 0 spiro atoms. The van der Waals surface area contributed by atoms with E-state index in [9.17, 15) is 14.4 Å². The second-order valence-electron chi connectivity index (χ2n) is 6.16. The maximum atomic E-state index is 12.4. The fourth-order valence-electron chi connectivity index (χ4n) is 2.99. The molecule has 7 nitrogen and oxygen atoms in total. The minimum absolute atomic E-state index is 0.0127. The van der Waals surface area contributed by atoms with Gasteiger partial charge in [0, 0.05) is 24.0 Å². The molecule has 8 heteroatoms. The number of imide groups is 1. The van der Waals surface area contributed by atoms with E-state index >= 15 is 0 Å². The molecule has 1 aliphatic rings. The first-order valence-electron chi connectivity index (χ1n) is 8.28. The average Bonchev–Trinajstić information content (AvgIpc) is 3.06. The Morgan fingerprint density at radius 2 is 2.04 bits per heavy atom. The fraction of sp³-hybridized carbons (Fsp3) is 0.412. The Balaban J connectivity index is 1.57. The summed E-state index contributed by atoms with van der Waals surface area (Å²) in [6, 6.07) is 4.51. The quantitative estimate of drug-likeness (QED) is 0.872. The van der Waals surface area contributed by atoms with Crippen molar-refractivity contribution in [2.75, 3.05) is 0 Å². The Morgan fingerprint density at radius 1 is 1.28 bits per heavy atom. The number of aromatic nitrogens is 2. The summed E-state index contributed by atoms with van der Waals surface area (Å²) in [4.78, 5) is 40.2. The van der Waals surface area contributed by atoms with Crippen molar-refractivity contribution in [3.8, 4) is 0 Å². The Bertz CT molecular complexity index is 859. The molecule has 2 N–H and O–H groups in total. The summed E-state index contributed by atoms with van der Waals surface area (Å²) < 4.78 is 1.35. The number of urea groups is 1. The van der Waals surface area contributed by atoms with Gasteiger partial charge in [-0.05, 0) is 31.0 Å². The minimum atomic E-state index is -0.476. The first kappa shape index (κ1) is 17.4. The summed E-state index contributed by atoms with van der Waals surface area (Å²) in [6.45, 7) is 0.146. The SMILES string of the molecule is O=C(CCn1cnc2cc(Cl)ccc2c1=O)NC(=O)NC1CCCC1. The highest BCUT2D eigenvalue weighted by molar-refractivity contribution is 6.31. The third kappa shape index (κ3) is 4.36. The van der Waals surface area contributed by atoms with Crippen LogP contribution in [0.1, 0.15) is 32.1 Å². The molecule has 1 heterocycles. The van der Waals surface area contributed by atoms with Gasteiger partial charge in [0.25, 0.3) is 5.56 Å². The summed E-state index contributed by atoms with van der Waals surface area (Å²) in [6.07, 6.45) is 5.49. The van der Waals surface area contributed by atoms with Gasteiger partial charge in [0.05, 0.1) is 17.2 Å². The van der Waals surface area contributed by atoms with Crippen molar-refractivity contribution < 1.29 is 9.59 Å². The van der Waals surface area contributed by atoms with E-state index in [1.165, 1.54) is 10.9 Å². The third-order valence-electron chi connectivity index (χ3n) is 4.31. The molecule has 1 saturated carbocycles. The van der Waals surface area contributed by atoms with E-state index in [-0.39, 0.29) is 24.6 Å². The van der Waals surface area contributed by atoms with Crippen LogP contribution in [0.15, 0.2) is 29.3 Å². The zero-order valence-corrected chi connectivity index (χ0v) is 14.4. The van der Waals surface area contributed by atoms with Gasteiger partial charge in [-0.25, -0.2) is 9.78 Å². The molecule has 3 amide bonds. The zero-order chi connectivity index (χ0) is 17.8. The lowest BCUT2D eigenvalue weighted by Crippen LogP contribution is -2.43. The van der Waals surface area contributed by atoms with E-state index in [1.54, 1.807) is 18.2 Å². The molecule has 0 aliphatic heterocycles. The maximum Gasteiger partial charge on any atom is 0.321 e. The van der Waals surface area contributed by atoms with Gasteiger partial charge < -0.3 is 5.32 Å². The van der Waals surface area contributed by atoms with E-state index in [0.29, 0.717) is 15.9 Å². The molecule has 2 aromatic rings. The predicted octanol–water partition coefficient (Wildman–Crippen LogP) is 2.21. The van der Waals surface area contributed by atoms with Crippen molar-refractivity contribution in [3.05, 3.63) is 39.9 Å². The van der Waals surface area contributed by atoms with Crippen LogP contribution in [0.5, 0.6) is 0 Å². The van der Waals surface area contributed by atoms with E-state index in [4.69, 9.17) is 11.6 Å². The Kier molecular flexibility index (Phi) is 5.33. The van der Waals surface area contributed by atoms with Crippen molar-refractivity contribution in [2.45, 2.75) is 44.7 Å². The third-order valence-corrected chi connectivity index (χ3v) is 4.55. The second-order valence-corrected chi connectivity index (χ2v) is 6.59. The standard InChI is InChI=1S/C17H19ClN4O3/c18-11-5-6-13-14(9-11)19-10-22(16(13)24)8-7-15(23)21-17(25)20-12-3-1-2-4-12/h5-6,9-10,12H,1-4,7-8H2,(H2,20,21,23,25). The van der Waals surface area contributed by atoms with Crippen molar-refractivity contribution >= 4 is 34.4 Å². The highest BCUT2D eigenvalue weighted by Gasteiger charge is 2.18. The van der Waals surface area contributed by atoms with E-state index in [0.717, 1.165) is 25.7 Å². The zero-order valence-electron chi connectivity index (χ0n) is 13.6. The lowest BCUT2D eigenvalue weighted by atomic mass is 10.2. The largest absolute Gasteiger partial charge is 0.335 e. The molecule has 1 aliphatic carbocycles. The Labute approximate surface area is 149 Å². The fourth-order valence-corrected chi connectivity index (χ4v) is 3.16. The molecular formula is C17H19ClN4O3. The first-order chi connectivity index (χ1) is 12.0. The number of rotatable bonds is 4. The summed E-state index contributed by atoms with van der Waals surface area (Å²) >= 11 is 5.88. The van der Waals surface area contributed by atoms with Crippen molar-refractivity contribution in [1.82, 2.24) is 20.2 Å².